The number of fused-ring (bicyclic) bond motifs is 10. The van der Waals surface area contributed by atoms with E-state index in [9.17, 15) is 0 Å². The van der Waals surface area contributed by atoms with Gasteiger partial charge in [0.25, 0.3) is 0 Å². The molecule has 13 rings (SSSR count). The molecule has 3 aromatic heterocycles. The first-order chi connectivity index (χ1) is 30.7. The topological polar surface area (TPSA) is 35.6 Å². The van der Waals surface area contributed by atoms with Crippen molar-refractivity contribution in [2.75, 3.05) is 0 Å². The first kappa shape index (κ1) is 34.5. The van der Waals surface area contributed by atoms with E-state index in [4.69, 9.17) is 9.97 Å². The second kappa shape index (κ2) is 13.6. The molecule has 0 aliphatic rings. The smallest absolute Gasteiger partial charge is 0.235 e. The second-order valence-corrected chi connectivity index (χ2v) is 16.2. The standard InChI is InChI=1S/C58H36N4/c1-2-15-45(16-3-1)61-52-21-11-9-18-47(52)49-35-43(29-31-53(49)61)44-30-32-54-50(36-44)56-46-17-7-6-13-39(46)28-33-55(56)62(54)58-59-51-20-10-8-19-48(51)57(60-58)40-25-22-38(23-26-40)42-27-24-37-12-4-5-14-41(37)34-42/h1-36H. The van der Waals surface area contributed by atoms with E-state index in [1.54, 1.807) is 0 Å². The molecular formula is C58H36N4. The molecule has 0 N–H and O–H groups in total. The molecule has 13 aromatic rings. The number of hydrogen-bond acceptors (Lipinski definition) is 2. The van der Waals surface area contributed by atoms with Crippen molar-refractivity contribution in [1.82, 2.24) is 19.1 Å². The predicted molar refractivity (Wildman–Crippen MR) is 260 cm³/mol. The minimum Gasteiger partial charge on any atom is -0.309 e. The Morgan fingerprint density at radius 3 is 1.66 bits per heavy atom. The summed E-state index contributed by atoms with van der Waals surface area (Å²) >= 11 is 0. The van der Waals surface area contributed by atoms with Crippen LogP contribution in [-0.2, 0) is 0 Å². The number of hydrogen-bond donors (Lipinski definition) is 0. The fraction of sp³-hybridized carbons (Fsp3) is 0. The fourth-order valence-electron chi connectivity index (χ4n) is 9.77. The van der Waals surface area contributed by atoms with Gasteiger partial charge < -0.3 is 4.57 Å². The largest absolute Gasteiger partial charge is 0.309 e. The normalized spacial score (nSPS) is 11.9. The van der Waals surface area contributed by atoms with Crippen LogP contribution in [0.4, 0.5) is 0 Å². The molecule has 0 bridgehead atoms. The van der Waals surface area contributed by atoms with Gasteiger partial charge in [-0.05, 0) is 104 Å². The van der Waals surface area contributed by atoms with Gasteiger partial charge in [0.15, 0.2) is 0 Å². The van der Waals surface area contributed by atoms with Gasteiger partial charge in [0.1, 0.15) is 0 Å². The van der Waals surface area contributed by atoms with Crippen molar-refractivity contribution in [2.24, 2.45) is 0 Å². The summed E-state index contributed by atoms with van der Waals surface area (Å²) in [4.78, 5) is 10.8. The highest BCUT2D eigenvalue weighted by Crippen LogP contribution is 2.41. The number of para-hydroxylation sites is 3. The Labute approximate surface area is 357 Å². The lowest BCUT2D eigenvalue weighted by Gasteiger charge is -2.12. The van der Waals surface area contributed by atoms with E-state index in [2.05, 4.69) is 228 Å². The third kappa shape index (κ3) is 5.33. The minimum atomic E-state index is 0.649. The molecule has 0 atom stereocenters. The summed E-state index contributed by atoms with van der Waals surface area (Å²) in [6, 6.07) is 78.6. The highest BCUT2D eigenvalue weighted by Gasteiger charge is 2.20. The molecule has 0 amide bonds. The lowest BCUT2D eigenvalue weighted by Crippen LogP contribution is -2.03. The number of benzene rings is 10. The summed E-state index contributed by atoms with van der Waals surface area (Å²) in [5.41, 5.74) is 13.2. The van der Waals surface area contributed by atoms with Gasteiger partial charge in [-0.3, -0.25) is 4.57 Å². The molecule has 3 heterocycles. The van der Waals surface area contributed by atoms with Crippen LogP contribution in [-0.4, -0.2) is 19.1 Å². The maximum atomic E-state index is 5.46. The van der Waals surface area contributed by atoms with Gasteiger partial charge in [-0.15, -0.1) is 0 Å². The van der Waals surface area contributed by atoms with Crippen LogP contribution in [0.2, 0.25) is 0 Å². The lowest BCUT2D eigenvalue weighted by molar-refractivity contribution is 1.01. The first-order valence-electron chi connectivity index (χ1n) is 21.2. The molecule has 10 aromatic carbocycles. The van der Waals surface area contributed by atoms with Crippen molar-refractivity contribution in [2.45, 2.75) is 0 Å². The number of aromatic nitrogens is 4. The Morgan fingerprint density at radius 1 is 0.290 bits per heavy atom. The lowest BCUT2D eigenvalue weighted by atomic mass is 9.99. The summed E-state index contributed by atoms with van der Waals surface area (Å²) < 4.78 is 4.63. The molecule has 0 saturated carbocycles. The van der Waals surface area contributed by atoms with Gasteiger partial charge >= 0.3 is 0 Å². The zero-order chi connectivity index (χ0) is 40.7. The average molecular weight is 789 g/mol. The average Bonchev–Trinajstić information content (AvgIpc) is 3.86. The van der Waals surface area contributed by atoms with Gasteiger partial charge in [-0.25, -0.2) is 9.97 Å². The number of rotatable bonds is 5. The molecule has 0 unspecified atom stereocenters. The van der Waals surface area contributed by atoms with Crippen molar-refractivity contribution in [1.29, 1.82) is 0 Å². The van der Waals surface area contributed by atoms with E-state index < -0.39 is 0 Å². The molecule has 0 fully saturated rings. The summed E-state index contributed by atoms with van der Waals surface area (Å²) in [6.07, 6.45) is 0. The van der Waals surface area contributed by atoms with Gasteiger partial charge in [0.2, 0.25) is 5.95 Å². The van der Waals surface area contributed by atoms with Crippen molar-refractivity contribution in [3.05, 3.63) is 218 Å². The quantitative estimate of drug-likeness (QED) is 0.174. The molecule has 0 saturated heterocycles. The van der Waals surface area contributed by atoms with Crippen LogP contribution in [0.1, 0.15) is 0 Å². The molecule has 0 aliphatic carbocycles. The van der Waals surface area contributed by atoms with Gasteiger partial charge in [0, 0.05) is 38.2 Å². The van der Waals surface area contributed by atoms with Crippen molar-refractivity contribution in [3.8, 4) is 45.1 Å². The third-order valence-electron chi connectivity index (χ3n) is 12.7. The summed E-state index contributed by atoms with van der Waals surface area (Å²) in [6.45, 7) is 0. The molecule has 0 radical (unpaired) electrons. The van der Waals surface area contributed by atoms with Crippen molar-refractivity contribution < 1.29 is 0 Å². The van der Waals surface area contributed by atoms with Crippen LogP contribution < -0.4 is 0 Å². The Morgan fingerprint density at radius 2 is 0.839 bits per heavy atom. The van der Waals surface area contributed by atoms with E-state index in [1.165, 1.54) is 70.8 Å². The van der Waals surface area contributed by atoms with Crippen LogP contribution in [0.3, 0.4) is 0 Å². The fourth-order valence-corrected chi connectivity index (χ4v) is 9.77. The predicted octanol–water partition coefficient (Wildman–Crippen LogP) is 15.1. The highest BCUT2D eigenvalue weighted by atomic mass is 15.2. The SMILES string of the molecule is c1ccc(-n2c3ccccc3c3cc(-c4ccc5c(c4)c4c6ccccc6ccc4n5-c4nc(-c5ccc(-c6ccc7ccccc7c6)cc5)c5ccccc5n4)ccc32)cc1. The van der Waals surface area contributed by atoms with E-state index in [-0.39, 0.29) is 0 Å². The molecule has 62 heavy (non-hydrogen) atoms. The summed E-state index contributed by atoms with van der Waals surface area (Å²) in [5, 5.41) is 10.7. The Kier molecular flexibility index (Phi) is 7.57. The molecule has 0 aliphatic heterocycles. The Hall–Kier alpha value is -8.34. The van der Waals surface area contributed by atoms with Gasteiger partial charge in [-0.1, -0.05) is 158 Å². The van der Waals surface area contributed by atoms with Crippen LogP contribution in [0, 0.1) is 0 Å². The third-order valence-corrected chi connectivity index (χ3v) is 12.7. The minimum absolute atomic E-state index is 0.649. The summed E-state index contributed by atoms with van der Waals surface area (Å²) in [7, 11) is 0. The monoisotopic (exact) mass is 788 g/mol. The Balaban J connectivity index is 0.994. The van der Waals surface area contributed by atoms with Crippen LogP contribution >= 0.6 is 0 Å². The maximum Gasteiger partial charge on any atom is 0.235 e. The van der Waals surface area contributed by atoms with E-state index in [0.29, 0.717) is 5.95 Å². The highest BCUT2D eigenvalue weighted by molar-refractivity contribution is 6.22. The van der Waals surface area contributed by atoms with E-state index in [0.717, 1.165) is 44.4 Å². The van der Waals surface area contributed by atoms with Crippen LogP contribution in [0.25, 0.3) is 121 Å². The van der Waals surface area contributed by atoms with Crippen LogP contribution in [0.15, 0.2) is 218 Å². The van der Waals surface area contributed by atoms with Gasteiger partial charge in [0.05, 0.1) is 33.3 Å². The van der Waals surface area contributed by atoms with Gasteiger partial charge in [-0.2, -0.15) is 0 Å². The van der Waals surface area contributed by atoms with Crippen molar-refractivity contribution >= 4 is 76.1 Å². The van der Waals surface area contributed by atoms with Crippen LogP contribution in [0.5, 0.6) is 0 Å². The molecule has 288 valence electrons. The van der Waals surface area contributed by atoms with E-state index in [1.807, 2.05) is 0 Å². The van der Waals surface area contributed by atoms with Crippen molar-refractivity contribution in [3.63, 3.8) is 0 Å². The molecule has 4 nitrogen and oxygen atoms in total. The summed E-state index contributed by atoms with van der Waals surface area (Å²) in [5.74, 6) is 0.649. The zero-order valence-electron chi connectivity index (χ0n) is 33.6. The number of nitrogens with zero attached hydrogens (tertiary/aromatic N) is 4. The Bertz CT molecular complexity index is 3910. The molecule has 0 spiro atoms. The van der Waals surface area contributed by atoms with E-state index >= 15 is 0 Å². The molecular weight excluding hydrogens is 753 g/mol. The second-order valence-electron chi connectivity index (χ2n) is 16.2. The molecule has 4 heteroatoms. The first-order valence-corrected chi connectivity index (χ1v) is 21.2. The zero-order valence-corrected chi connectivity index (χ0v) is 33.6. The maximum absolute atomic E-state index is 5.46.